The quantitative estimate of drug-likeness (QED) is 0.871. The van der Waals surface area contributed by atoms with Crippen LogP contribution < -0.4 is 11.1 Å². The Morgan fingerprint density at radius 2 is 1.78 bits per heavy atom. The summed E-state index contributed by atoms with van der Waals surface area (Å²) in [6.07, 6.45) is -3.91. The van der Waals surface area contributed by atoms with Crippen molar-refractivity contribution >= 4 is 0 Å². The molecule has 2 nitrogen and oxygen atoms in total. The maximum absolute atomic E-state index is 12.8. The summed E-state index contributed by atoms with van der Waals surface area (Å²) in [5.74, 6) is 0. The molecule has 2 rings (SSSR count). The average Bonchev–Trinajstić information content (AvgIpc) is 3.08. The van der Waals surface area contributed by atoms with Crippen molar-refractivity contribution in [1.82, 2.24) is 5.32 Å². The van der Waals surface area contributed by atoms with Crippen molar-refractivity contribution in [2.45, 2.75) is 37.0 Å². The number of benzene rings is 1. The monoisotopic (exact) mass is 258 g/mol. The molecule has 1 aromatic rings. The third-order valence-corrected chi connectivity index (χ3v) is 3.52. The number of halogens is 3. The summed E-state index contributed by atoms with van der Waals surface area (Å²) >= 11 is 0. The van der Waals surface area contributed by atoms with E-state index in [9.17, 15) is 13.2 Å². The maximum atomic E-state index is 12.8. The van der Waals surface area contributed by atoms with Gasteiger partial charge in [0.05, 0.1) is 5.54 Å². The van der Waals surface area contributed by atoms with E-state index in [1.165, 1.54) is 0 Å². The maximum Gasteiger partial charge on any atom is 0.406 e. The molecule has 5 heteroatoms. The van der Waals surface area contributed by atoms with E-state index in [4.69, 9.17) is 5.73 Å². The molecule has 0 aromatic heterocycles. The minimum Gasteiger partial charge on any atom is -0.321 e. The molecule has 1 atom stereocenters. The highest BCUT2D eigenvalue weighted by molar-refractivity contribution is 5.24. The highest BCUT2D eigenvalue weighted by Gasteiger charge is 2.63. The van der Waals surface area contributed by atoms with Crippen LogP contribution in [0.4, 0.5) is 13.2 Å². The van der Waals surface area contributed by atoms with E-state index < -0.39 is 17.3 Å². The van der Waals surface area contributed by atoms with E-state index >= 15 is 0 Å². The minimum atomic E-state index is -4.19. The zero-order valence-electron chi connectivity index (χ0n) is 10.2. The standard InChI is InChI=1S/C13H17F3N2/c1-11(17,10-5-3-2-4-6-10)9-18-12(7-8-12)13(14,15)16/h2-6,18H,7-9,17H2,1H3. The van der Waals surface area contributed by atoms with E-state index in [1.54, 1.807) is 6.92 Å². The van der Waals surface area contributed by atoms with Gasteiger partial charge in [0.25, 0.3) is 0 Å². The number of alkyl halides is 3. The lowest BCUT2D eigenvalue weighted by Gasteiger charge is -2.30. The van der Waals surface area contributed by atoms with Crippen molar-refractivity contribution in [2.24, 2.45) is 5.73 Å². The van der Waals surface area contributed by atoms with Gasteiger partial charge in [-0.3, -0.25) is 0 Å². The second-order valence-corrected chi connectivity index (χ2v) is 5.22. The third-order valence-electron chi connectivity index (χ3n) is 3.52. The van der Waals surface area contributed by atoms with Gasteiger partial charge in [0.15, 0.2) is 0 Å². The summed E-state index contributed by atoms with van der Waals surface area (Å²) in [4.78, 5) is 0. The van der Waals surface area contributed by atoms with E-state index in [1.807, 2.05) is 30.3 Å². The van der Waals surface area contributed by atoms with E-state index in [-0.39, 0.29) is 19.4 Å². The number of rotatable bonds is 4. The summed E-state index contributed by atoms with van der Waals surface area (Å²) in [5, 5.41) is 2.60. The number of nitrogens with one attached hydrogen (secondary N) is 1. The van der Waals surface area contributed by atoms with Gasteiger partial charge in [-0.1, -0.05) is 30.3 Å². The molecule has 1 fully saturated rings. The number of hydrogen-bond acceptors (Lipinski definition) is 2. The molecule has 0 spiro atoms. The lowest BCUT2D eigenvalue weighted by atomic mass is 9.93. The molecule has 3 N–H and O–H groups in total. The van der Waals surface area contributed by atoms with E-state index in [0.29, 0.717) is 0 Å². The Labute approximate surface area is 104 Å². The van der Waals surface area contributed by atoms with Crippen LogP contribution in [0.3, 0.4) is 0 Å². The predicted molar refractivity (Wildman–Crippen MR) is 64.0 cm³/mol. The van der Waals surface area contributed by atoms with Crippen molar-refractivity contribution in [3.05, 3.63) is 35.9 Å². The van der Waals surface area contributed by atoms with E-state index in [0.717, 1.165) is 5.56 Å². The molecular formula is C13H17F3N2. The number of hydrogen-bond donors (Lipinski definition) is 2. The zero-order valence-corrected chi connectivity index (χ0v) is 10.2. The normalized spacial score (nSPS) is 21.4. The molecule has 1 unspecified atom stereocenters. The Bertz CT molecular complexity index is 408. The van der Waals surface area contributed by atoms with Crippen molar-refractivity contribution in [3.63, 3.8) is 0 Å². The minimum absolute atomic E-state index is 0.108. The van der Waals surface area contributed by atoms with Gasteiger partial charge >= 0.3 is 6.18 Å². The van der Waals surface area contributed by atoms with Gasteiger partial charge in [-0.05, 0) is 25.3 Å². The first-order valence-electron chi connectivity index (χ1n) is 5.93. The highest BCUT2D eigenvalue weighted by atomic mass is 19.4. The summed E-state index contributed by atoms with van der Waals surface area (Å²) in [5.41, 5.74) is 4.41. The van der Waals surface area contributed by atoms with Crippen LogP contribution in [0, 0.1) is 0 Å². The van der Waals surface area contributed by atoms with Gasteiger partial charge in [0, 0.05) is 6.54 Å². The molecule has 0 bridgehead atoms. The fraction of sp³-hybridized carbons (Fsp3) is 0.538. The Kier molecular flexibility index (Phi) is 3.15. The Morgan fingerprint density at radius 1 is 1.22 bits per heavy atom. The van der Waals surface area contributed by atoms with Gasteiger partial charge in [-0.2, -0.15) is 13.2 Å². The summed E-state index contributed by atoms with van der Waals surface area (Å²) in [7, 11) is 0. The predicted octanol–water partition coefficient (Wildman–Crippen LogP) is 2.55. The Morgan fingerprint density at radius 3 is 2.22 bits per heavy atom. The fourth-order valence-electron chi connectivity index (χ4n) is 1.96. The molecule has 0 saturated heterocycles. The fourth-order valence-corrected chi connectivity index (χ4v) is 1.96. The third kappa shape index (κ3) is 2.52. The Hall–Kier alpha value is -1.07. The molecule has 1 aliphatic rings. The van der Waals surface area contributed by atoms with Crippen LogP contribution >= 0.6 is 0 Å². The molecule has 1 aliphatic carbocycles. The molecular weight excluding hydrogens is 241 g/mol. The average molecular weight is 258 g/mol. The van der Waals surface area contributed by atoms with E-state index in [2.05, 4.69) is 5.32 Å². The molecule has 0 heterocycles. The first kappa shape index (κ1) is 13.4. The lowest BCUT2D eigenvalue weighted by molar-refractivity contribution is -0.166. The summed E-state index contributed by atoms with van der Waals surface area (Å²) < 4.78 is 38.3. The van der Waals surface area contributed by atoms with Crippen LogP contribution in [0.1, 0.15) is 25.3 Å². The highest BCUT2D eigenvalue weighted by Crippen LogP contribution is 2.49. The second-order valence-electron chi connectivity index (χ2n) is 5.22. The largest absolute Gasteiger partial charge is 0.406 e. The van der Waals surface area contributed by atoms with Crippen molar-refractivity contribution < 1.29 is 13.2 Å². The molecule has 1 saturated carbocycles. The smallest absolute Gasteiger partial charge is 0.321 e. The van der Waals surface area contributed by atoms with Gasteiger partial charge in [0.1, 0.15) is 5.54 Å². The first-order valence-corrected chi connectivity index (χ1v) is 5.93. The van der Waals surface area contributed by atoms with Gasteiger partial charge in [-0.15, -0.1) is 0 Å². The first-order chi connectivity index (χ1) is 8.27. The molecule has 18 heavy (non-hydrogen) atoms. The van der Waals surface area contributed by atoms with Crippen LogP contribution in [0.2, 0.25) is 0 Å². The molecule has 1 aromatic carbocycles. The van der Waals surface area contributed by atoms with Gasteiger partial charge < -0.3 is 11.1 Å². The summed E-state index contributed by atoms with van der Waals surface area (Å²) in [6.45, 7) is 1.85. The molecule has 0 radical (unpaired) electrons. The van der Waals surface area contributed by atoms with Gasteiger partial charge in [0.2, 0.25) is 0 Å². The van der Waals surface area contributed by atoms with Crippen molar-refractivity contribution in [3.8, 4) is 0 Å². The second kappa shape index (κ2) is 4.24. The molecule has 0 amide bonds. The Balaban J connectivity index is 2.03. The van der Waals surface area contributed by atoms with Crippen LogP contribution in [0.25, 0.3) is 0 Å². The lowest BCUT2D eigenvalue weighted by Crippen LogP contribution is -2.52. The van der Waals surface area contributed by atoms with Crippen LogP contribution in [0.15, 0.2) is 30.3 Å². The van der Waals surface area contributed by atoms with Crippen LogP contribution in [0.5, 0.6) is 0 Å². The summed E-state index contributed by atoms with van der Waals surface area (Å²) in [6, 6.07) is 9.17. The van der Waals surface area contributed by atoms with Gasteiger partial charge in [-0.25, -0.2) is 0 Å². The zero-order chi connectivity index (χ0) is 13.4. The molecule has 100 valence electrons. The topological polar surface area (TPSA) is 38.0 Å². The van der Waals surface area contributed by atoms with Crippen LogP contribution in [-0.4, -0.2) is 18.3 Å². The van der Waals surface area contributed by atoms with Crippen molar-refractivity contribution in [1.29, 1.82) is 0 Å². The molecule has 0 aliphatic heterocycles. The SMILES string of the molecule is CC(N)(CNC1(C(F)(F)F)CC1)c1ccccc1. The van der Waals surface area contributed by atoms with Crippen LogP contribution in [-0.2, 0) is 5.54 Å². The number of nitrogens with two attached hydrogens (primary N) is 1. The van der Waals surface area contributed by atoms with Crippen molar-refractivity contribution in [2.75, 3.05) is 6.54 Å².